The Morgan fingerprint density at radius 2 is 2.23 bits per heavy atom. The van der Waals surface area contributed by atoms with Crippen LogP contribution in [0.3, 0.4) is 0 Å². The maximum absolute atomic E-state index is 3.52. The number of piperidine rings is 1. The van der Waals surface area contributed by atoms with Gasteiger partial charge >= 0.3 is 0 Å². The molecule has 3 atom stereocenters. The Bertz CT molecular complexity index is 165. The average Bonchev–Trinajstić information content (AvgIpc) is 2.55. The first-order valence-electron chi connectivity index (χ1n) is 5.83. The number of likely N-dealkylation sites (N-methyl/N-ethyl adjacent to an activating group) is 1. The normalized spacial score (nSPS) is 40.6. The molecule has 0 saturated carbocycles. The molecule has 2 heteroatoms. The van der Waals surface area contributed by atoms with Crippen LogP contribution in [-0.2, 0) is 0 Å². The maximum atomic E-state index is 3.52. The molecule has 76 valence electrons. The van der Waals surface area contributed by atoms with Crippen molar-refractivity contribution in [2.75, 3.05) is 19.6 Å². The number of nitrogens with zero attached hydrogens (tertiary/aromatic N) is 1. The van der Waals surface area contributed by atoms with Crippen molar-refractivity contribution in [3.8, 4) is 0 Å². The third-order valence-electron chi connectivity index (χ3n) is 3.90. The van der Waals surface area contributed by atoms with Crippen molar-refractivity contribution >= 4 is 0 Å². The summed E-state index contributed by atoms with van der Waals surface area (Å²) in [6, 6.07) is 1.73. The number of hydrogen-bond acceptors (Lipinski definition) is 2. The molecule has 1 N–H and O–H groups in total. The summed E-state index contributed by atoms with van der Waals surface area (Å²) < 4.78 is 0. The lowest BCUT2D eigenvalue weighted by Crippen LogP contribution is -2.47. The van der Waals surface area contributed by atoms with Gasteiger partial charge in [-0.15, -0.1) is 0 Å². The minimum Gasteiger partial charge on any atom is -0.315 e. The fourth-order valence-corrected chi connectivity index (χ4v) is 3.21. The van der Waals surface area contributed by atoms with Crippen LogP contribution in [-0.4, -0.2) is 36.6 Å². The third-order valence-corrected chi connectivity index (χ3v) is 3.90. The van der Waals surface area contributed by atoms with Gasteiger partial charge in [0.2, 0.25) is 0 Å². The molecular weight excluding hydrogens is 160 g/mol. The second kappa shape index (κ2) is 3.97. The molecule has 0 radical (unpaired) electrons. The molecule has 13 heavy (non-hydrogen) atoms. The fourth-order valence-electron chi connectivity index (χ4n) is 3.21. The summed E-state index contributed by atoms with van der Waals surface area (Å²) in [6.07, 6.45) is 4.19. The summed E-state index contributed by atoms with van der Waals surface area (Å²) >= 11 is 0. The molecule has 0 aromatic rings. The number of rotatable bonds is 2. The number of nitrogens with one attached hydrogen (secondary N) is 1. The number of fused-ring (bicyclic) bond motifs is 1. The van der Waals surface area contributed by atoms with E-state index in [0.717, 1.165) is 18.0 Å². The van der Waals surface area contributed by atoms with Crippen LogP contribution in [0.5, 0.6) is 0 Å². The first-order valence-corrected chi connectivity index (χ1v) is 5.83. The minimum absolute atomic E-state index is 0.851. The molecule has 0 spiro atoms. The zero-order valence-electron chi connectivity index (χ0n) is 8.92. The van der Waals surface area contributed by atoms with Gasteiger partial charge in [-0.2, -0.15) is 0 Å². The predicted octanol–water partition coefficient (Wildman–Crippen LogP) is 1.47. The van der Waals surface area contributed by atoms with Gasteiger partial charge in [0, 0.05) is 18.6 Å². The van der Waals surface area contributed by atoms with E-state index in [1.807, 2.05) is 0 Å². The van der Waals surface area contributed by atoms with Crippen LogP contribution in [0.1, 0.15) is 33.1 Å². The molecule has 2 heterocycles. The first-order chi connectivity index (χ1) is 6.36. The predicted molar refractivity (Wildman–Crippen MR) is 55.8 cm³/mol. The van der Waals surface area contributed by atoms with Crippen molar-refractivity contribution < 1.29 is 0 Å². The van der Waals surface area contributed by atoms with Crippen LogP contribution < -0.4 is 5.32 Å². The molecule has 2 aliphatic heterocycles. The highest BCUT2D eigenvalue weighted by molar-refractivity contribution is 4.96. The lowest BCUT2D eigenvalue weighted by molar-refractivity contribution is 0.166. The van der Waals surface area contributed by atoms with E-state index in [9.17, 15) is 0 Å². The van der Waals surface area contributed by atoms with E-state index in [1.54, 1.807) is 0 Å². The Morgan fingerprint density at radius 1 is 1.38 bits per heavy atom. The summed E-state index contributed by atoms with van der Waals surface area (Å²) in [5.41, 5.74) is 0. The molecule has 2 nitrogen and oxygen atoms in total. The van der Waals surface area contributed by atoms with E-state index in [0.29, 0.717) is 0 Å². The van der Waals surface area contributed by atoms with E-state index < -0.39 is 0 Å². The van der Waals surface area contributed by atoms with Crippen LogP contribution in [0.25, 0.3) is 0 Å². The molecule has 2 fully saturated rings. The average molecular weight is 182 g/mol. The van der Waals surface area contributed by atoms with Gasteiger partial charge in [-0.1, -0.05) is 13.8 Å². The first kappa shape index (κ1) is 9.47. The van der Waals surface area contributed by atoms with Gasteiger partial charge in [-0.25, -0.2) is 0 Å². The molecule has 0 amide bonds. The van der Waals surface area contributed by atoms with Crippen LogP contribution in [0.15, 0.2) is 0 Å². The Morgan fingerprint density at radius 3 is 2.92 bits per heavy atom. The van der Waals surface area contributed by atoms with E-state index in [2.05, 4.69) is 24.1 Å². The van der Waals surface area contributed by atoms with Gasteiger partial charge in [0.05, 0.1) is 0 Å². The smallest absolute Gasteiger partial charge is 0.0252 e. The Labute approximate surface area is 81.7 Å². The van der Waals surface area contributed by atoms with Crippen molar-refractivity contribution in [3.05, 3.63) is 0 Å². The number of likely N-dealkylation sites (tertiary alicyclic amines) is 1. The molecule has 0 bridgehead atoms. The SMILES string of the molecule is CCC1CC2CCNCC2N1CC. The minimum atomic E-state index is 0.851. The summed E-state index contributed by atoms with van der Waals surface area (Å²) in [4.78, 5) is 2.72. The summed E-state index contributed by atoms with van der Waals surface area (Å²) in [7, 11) is 0. The molecule has 2 aliphatic rings. The zero-order chi connectivity index (χ0) is 9.26. The highest BCUT2D eigenvalue weighted by Gasteiger charge is 2.39. The van der Waals surface area contributed by atoms with Crippen LogP contribution in [0.2, 0.25) is 0 Å². The standard InChI is InChI=1S/C11H22N2/c1-3-10-7-9-5-6-12-8-11(9)13(10)4-2/h9-12H,3-8H2,1-2H3. The summed E-state index contributed by atoms with van der Waals surface area (Å²) in [6.45, 7) is 8.35. The highest BCUT2D eigenvalue weighted by atomic mass is 15.2. The largest absolute Gasteiger partial charge is 0.315 e. The van der Waals surface area contributed by atoms with E-state index in [-0.39, 0.29) is 0 Å². The quantitative estimate of drug-likeness (QED) is 0.695. The van der Waals surface area contributed by atoms with Gasteiger partial charge in [0.1, 0.15) is 0 Å². The summed E-state index contributed by atoms with van der Waals surface area (Å²) in [5.74, 6) is 0.992. The van der Waals surface area contributed by atoms with E-state index in [1.165, 1.54) is 38.9 Å². The molecular formula is C11H22N2. The Balaban J connectivity index is 2.05. The van der Waals surface area contributed by atoms with Gasteiger partial charge in [-0.3, -0.25) is 4.90 Å². The van der Waals surface area contributed by atoms with E-state index in [4.69, 9.17) is 0 Å². The van der Waals surface area contributed by atoms with Crippen LogP contribution in [0, 0.1) is 5.92 Å². The topological polar surface area (TPSA) is 15.3 Å². The molecule has 0 aliphatic carbocycles. The van der Waals surface area contributed by atoms with Gasteiger partial charge < -0.3 is 5.32 Å². The monoisotopic (exact) mass is 182 g/mol. The molecule has 2 rings (SSSR count). The van der Waals surface area contributed by atoms with Crippen molar-refractivity contribution in [2.24, 2.45) is 5.92 Å². The lowest BCUT2D eigenvalue weighted by Gasteiger charge is -2.33. The highest BCUT2D eigenvalue weighted by Crippen LogP contribution is 2.34. The second-order valence-corrected chi connectivity index (χ2v) is 4.45. The van der Waals surface area contributed by atoms with Gasteiger partial charge in [0.15, 0.2) is 0 Å². The molecule has 2 saturated heterocycles. The second-order valence-electron chi connectivity index (χ2n) is 4.45. The van der Waals surface area contributed by atoms with Crippen molar-refractivity contribution in [1.82, 2.24) is 10.2 Å². The van der Waals surface area contributed by atoms with Crippen LogP contribution >= 0.6 is 0 Å². The van der Waals surface area contributed by atoms with Crippen molar-refractivity contribution in [3.63, 3.8) is 0 Å². The maximum Gasteiger partial charge on any atom is 0.0252 e. The van der Waals surface area contributed by atoms with Crippen LogP contribution in [0.4, 0.5) is 0 Å². The lowest BCUT2D eigenvalue weighted by atomic mass is 9.92. The molecule has 0 aromatic carbocycles. The van der Waals surface area contributed by atoms with Gasteiger partial charge in [0.25, 0.3) is 0 Å². The zero-order valence-corrected chi connectivity index (χ0v) is 8.92. The van der Waals surface area contributed by atoms with E-state index >= 15 is 0 Å². The fraction of sp³-hybridized carbons (Fsp3) is 1.00. The molecule has 3 unspecified atom stereocenters. The van der Waals surface area contributed by atoms with Crippen molar-refractivity contribution in [2.45, 2.75) is 45.2 Å². The van der Waals surface area contributed by atoms with Gasteiger partial charge in [-0.05, 0) is 38.3 Å². The number of hydrogen-bond donors (Lipinski definition) is 1. The Kier molecular flexibility index (Phi) is 2.89. The third kappa shape index (κ3) is 1.62. The van der Waals surface area contributed by atoms with Crippen molar-refractivity contribution in [1.29, 1.82) is 0 Å². The molecule has 0 aromatic heterocycles. The summed E-state index contributed by atoms with van der Waals surface area (Å²) in [5, 5.41) is 3.52. The Hall–Kier alpha value is -0.0800.